The van der Waals surface area contributed by atoms with Crippen molar-refractivity contribution < 1.29 is 14.6 Å². The minimum absolute atomic E-state index is 0.0743. The third-order valence-electron chi connectivity index (χ3n) is 2.30. The summed E-state index contributed by atoms with van der Waals surface area (Å²) in [5, 5.41) is 11.5. The van der Waals surface area contributed by atoms with E-state index in [0.29, 0.717) is 6.61 Å². The van der Waals surface area contributed by atoms with Crippen molar-refractivity contribution in [2.75, 3.05) is 13.2 Å². The fourth-order valence-corrected chi connectivity index (χ4v) is 1.41. The van der Waals surface area contributed by atoms with Crippen LogP contribution in [0.3, 0.4) is 0 Å². The topological polar surface area (TPSA) is 58.6 Å². The van der Waals surface area contributed by atoms with Crippen LogP contribution >= 0.6 is 0 Å². The van der Waals surface area contributed by atoms with Crippen LogP contribution < -0.4 is 10.1 Å². The SMILES string of the molecule is CCOc1ccccc1/C=C/C(=O)NC(C)CO. The number of hydrogen-bond donors (Lipinski definition) is 2. The van der Waals surface area contributed by atoms with Crippen LogP contribution in [-0.4, -0.2) is 30.3 Å². The van der Waals surface area contributed by atoms with Crippen molar-refractivity contribution in [2.45, 2.75) is 19.9 Å². The van der Waals surface area contributed by atoms with Crippen molar-refractivity contribution >= 4 is 12.0 Å². The van der Waals surface area contributed by atoms with E-state index < -0.39 is 0 Å². The molecule has 0 saturated heterocycles. The Bertz CT molecular complexity index is 415. The van der Waals surface area contributed by atoms with Gasteiger partial charge in [0.2, 0.25) is 5.91 Å². The largest absolute Gasteiger partial charge is 0.493 e. The van der Waals surface area contributed by atoms with Crippen LogP contribution in [0.4, 0.5) is 0 Å². The van der Waals surface area contributed by atoms with Gasteiger partial charge >= 0.3 is 0 Å². The van der Waals surface area contributed by atoms with Gasteiger partial charge in [-0.25, -0.2) is 0 Å². The predicted molar refractivity (Wildman–Crippen MR) is 71.3 cm³/mol. The number of nitrogens with one attached hydrogen (secondary N) is 1. The third kappa shape index (κ3) is 4.59. The maximum Gasteiger partial charge on any atom is 0.244 e. The number of aliphatic hydroxyl groups excluding tert-OH is 1. The van der Waals surface area contributed by atoms with Gasteiger partial charge < -0.3 is 15.2 Å². The molecule has 0 fully saturated rings. The first-order valence-corrected chi connectivity index (χ1v) is 5.98. The van der Waals surface area contributed by atoms with Gasteiger partial charge in [0.1, 0.15) is 5.75 Å². The molecule has 2 N–H and O–H groups in total. The Morgan fingerprint density at radius 3 is 2.89 bits per heavy atom. The van der Waals surface area contributed by atoms with Gasteiger partial charge in [-0.15, -0.1) is 0 Å². The highest BCUT2D eigenvalue weighted by Gasteiger charge is 2.03. The summed E-state index contributed by atoms with van der Waals surface area (Å²) in [6.45, 7) is 4.16. The monoisotopic (exact) mass is 249 g/mol. The molecule has 0 spiro atoms. The highest BCUT2D eigenvalue weighted by atomic mass is 16.5. The Balaban J connectivity index is 2.68. The van der Waals surface area contributed by atoms with Crippen LogP contribution in [0, 0.1) is 0 Å². The van der Waals surface area contributed by atoms with Gasteiger partial charge in [0, 0.05) is 17.7 Å². The number of rotatable bonds is 6. The fourth-order valence-electron chi connectivity index (χ4n) is 1.41. The lowest BCUT2D eigenvalue weighted by Gasteiger charge is -2.08. The first kappa shape index (κ1) is 14.3. The van der Waals surface area contributed by atoms with E-state index in [1.165, 1.54) is 6.08 Å². The van der Waals surface area contributed by atoms with Crippen LogP contribution in [0.2, 0.25) is 0 Å². The molecule has 0 aromatic heterocycles. The summed E-state index contributed by atoms with van der Waals surface area (Å²) in [4.78, 5) is 11.5. The van der Waals surface area contributed by atoms with Crippen molar-refractivity contribution in [1.29, 1.82) is 0 Å². The summed E-state index contributed by atoms with van der Waals surface area (Å²) in [5.41, 5.74) is 0.853. The molecule has 0 radical (unpaired) electrons. The van der Waals surface area contributed by atoms with Gasteiger partial charge in [-0.05, 0) is 26.0 Å². The summed E-state index contributed by atoms with van der Waals surface area (Å²) in [5.74, 6) is 0.516. The highest BCUT2D eigenvalue weighted by molar-refractivity contribution is 5.92. The number of carbonyl (C=O) groups is 1. The number of hydrogen-bond acceptors (Lipinski definition) is 3. The van der Waals surface area contributed by atoms with Crippen molar-refractivity contribution in [3.63, 3.8) is 0 Å². The molecule has 1 amide bonds. The maximum absolute atomic E-state index is 11.5. The molecule has 18 heavy (non-hydrogen) atoms. The van der Waals surface area contributed by atoms with Crippen molar-refractivity contribution in [1.82, 2.24) is 5.32 Å². The number of benzene rings is 1. The summed E-state index contributed by atoms with van der Waals surface area (Å²) in [6, 6.07) is 7.26. The van der Waals surface area contributed by atoms with Crippen LogP contribution in [0.15, 0.2) is 30.3 Å². The lowest BCUT2D eigenvalue weighted by molar-refractivity contribution is -0.117. The molecule has 4 heteroatoms. The molecule has 1 aromatic carbocycles. The van der Waals surface area contributed by atoms with Crippen molar-refractivity contribution in [2.24, 2.45) is 0 Å². The van der Waals surface area contributed by atoms with Gasteiger partial charge in [-0.1, -0.05) is 18.2 Å². The zero-order valence-corrected chi connectivity index (χ0v) is 10.7. The van der Waals surface area contributed by atoms with Crippen LogP contribution in [0.25, 0.3) is 6.08 Å². The molecule has 1 atom stereocenters. The highest BCUT2D eigenvalue weighted by Crippen LogP contribution is 2.19. The molecule has 0 aliphatic carbocycles. The quantitative estimate of drug-likeness (QED) is 0.753. The molecular formula is C14H19NO3. The second-order valence-corrected chi connectivity index (χ2v) is 3.90. The van der Waals surface area contributed by atoms with E-state index in [4.69, 9.17) is 9.84 Å². The second kappa shape index (κ2) is 7.50. The minimum Gasteiger partial charge on any atom is -0.493 e. The van der Waals surface area contributed by atoms with E-state index >= 15 is 0 Å². The molecular weight excluding hydrogens is 230 g/mol. The Kier molecular flexibility index (Phi) is 5.94. The first-order valence-electron chi connectivity index (χ1n) is 5.98. The first-order chi connectivity index (χ1) is 8.67. The number of carbonyl (C=O) groups excluding carboxylic acids is 1. The van der Waals surface area contributed by atoms with E-state index in [-0.39, 0.29) is 18.6 Å². The van der Waals surface area contributed by atoms with Gasteiger partial charge in [0.05, 0.1) is 13.2 Å². The standard InChI is InChI=1S/C14H19NO3/c1-3-18-13-7-5-4-6-12(13)8-9-14(17)15-11(2)10-16/h4-9,11,16H,3,10H2,1-2H3,(H,15,17)/b9-8+. The van der Waals surface area contributed by atoms with Crippen molar-refractivity contribution in [3.05, 3.63) is 35.9 Å². The maximum atomic E-state index is 11.5. The van der Waals surface area contributed by atoms with E-state index in [9.17, 15) is 4.79 Å². The van der Waals surface area contributed by atoms with E-state index in [1.54, 1.807) is 13.0 Å². The van der Waals surface area contributed by atoms with Gasteiger partial charge in [0.15, 0.2) is 0 Å². The van der Waals surface area contributed by atoms with Crippen LogP contribution in [0.1, 0.15) is 19.4 Å². The zero-order valence-electron chi connectivity index (χ0n) is 10.7. The lowest BCUT2D eigenvalue weighted by Crippen LogP contribution is -2.33. The number of para-hydroxylation sites is 1. The summed E-state index contributed by atoms with van der Waals surface area (Å²) in [6.07, 6.45) is 3.13. The van der Waals surface area contributed by atoms with E-state index in [1.807, 2.05) is 31.2 Å². The van der Waals surface area contributed by atoms with Crippen LogP contribution in [-0.2, 0) is 4.79 Å². The molecule has 0 bridgehead atoms. The predicted octanol–water partition coefficient (Wildman–Crippen LogP) is 1.60. The Labute approximate surface area is 107 Å². The summed E-state index contributed by atoms with van der Waals surface area (Å²) >= 11 is 0. The van der Waals surface area contributed by atoms with Gasteiger partial charge in [-0.3, -0.25) is 4.79 Å². The number of amides is 1. The molecule has 4 nitrogen and oxygen atoms in total. The van der Waals surface area contributed by atoms with E-state index in [2.05, 4.69) is 5.32 Å². The molecule has 0 aliphatic rings. The number of aliphatic hydroxyl groups is 1. The van der Waals surface area contributed by atoms with Gasteiger partial charge in [-0.2, -0.15) is 0 Å². The normalized spacial score (nSPS) is 12.4. The molecule has 1 unspecified atom stereocenters. The number of ether oxygens (including phenoxy) is 1. The van der Waals surface area contributed by atoms with E-state index in [0.717, 1.165) is 11.3 Å². The molecule has 0 aliphatic heterocycles. The molecule has 98 valence electrons. The summed E-state index contributed by atoms with van der Waals surface area (Å²) in [7, 11) is 0. The second-order valence-electron chi connectivity index (χ2n) is 3.90. The molecule has 0 heterocycles. The lowest BCUT2D eigenvalue weighted by atomic mass is 10.2. The van der Waals surface area contributed by atoms with Gasteiger partial charge in [0.25, 0.3) is 0 Å². The fraction of sp³-hybridized carbons (Fsp3) is 0.357. The molecule has 0 saturated carbocycles. The zero-order chi connectivity index (χ0) is 13.4. The molecule has 1 rings (SSSR count). The summed E-state index contributed by atoms with van der Waals surface area (Å²) < 4.78 is 5.45. The average molecular weight is 249 g/mol. The minimum atomic E-state index is -0.246. The average Bonchev–Trinajstić information content (AvgIpc) is 2.38. The Hall–Kier alpha value is -1.81. The molecule has 1 aromatic rings. The Morgan fingerprint density at radius 1 is 1.50 bits per heavy atom. The van der Waals surface area contributed by atoms with Crippen molar-refractivity contribution in [3.8, 4) is 5.75 Å². The smallest absolute Gasteiger partial charge is 0.244 e. The van der Waals surface area contributed by atoms with Crippen LogP contribution in [0.5, 0.6) is 5.75 Å². The Morgan fingerprint density at radius 2 is 2.22 bits per heavy atom. The third-order valence-corrected chi connectivity index (χ3v) is 2.30.